The van der Waals surface area contributed by atoms with Gasteiger partial charge in [0, 0.05) is 56.6 Å². The Bertz CT molecular complexity index is 710. The van der Waals surface area contributed by atoms with Gasteiger partial charge in [-0.1, -0.05) is 18.2 Å². The van der Waals surface area contributed by atoms with Gasteiger partial charge in [-0.05, 0) is 43.3 Å². The Morgan fingerprint density at radius 1 is 0.931 bits per heavy atom. The highest BCUT2D eigenvalue weighted by Gasteiger charge is 2.18. The molecule has 0 unspecified atom stereocenters. The van der Waals surface area contributed by atoms with Gasteiger partial charge in [0.25, 0.3) is 0 Å². The highest BCUT2D eigenvalue weighted by Crippen LogP contribution is 2.17. The monoisotopic (exact) mass is 414 g/mol. The van der Waals surface area contributed by atoms with Crippen molar-refractivity contribution in [2.24, 2.45) is 0 Å². The molecule has 0 saturated carbocycles. The molecule has 1 aromatic carbocycles. The molecule has 3 rings (SSSR count). The minimum atomic E-state index is -0.0687. The van der Waals surface area contributed by atoms with Gasteiger partial charge in [0.15, 0.2) is 0 Å². The zero-order valence-electron chi connectivity index (χ0n) is 16.8. The molecule has 2 amide bonds. The predicted molar refractivity (Wildman–Crippen MR) is 118 cm³/mol. The zero-order valence-corrected chi connectivity index (χ0v) is 17.6. The summed E-state index contributed by atoms with van der Waals surface area (Å²) in [5.74, 6) is 1.82. The van der Waals surface area contributed by atoms with E-state index in [-0.39, 0.29) is 6.03 Å². The fourth-order valence-electron chi connectivity index (χ4n) is 3.17. The van der Waals surface area contributed by atoms with E-state index in [1.807, 2.05) is 36.0 Å². The van der Waals surface area contributed by atoms with Gasteiger partial charge in [-0.3, -0.25) is 4.90 Å². The standard InChI is InChI=1S/C21H30N6OS/c28-21(25-12-6-18-29-19-7-2-1-3-8-19)24-11-5-13-26-14-16-27(17-15-26)20-22-9-4-10-23-20/h1-4,7-10H,5-6,11-18H2,(H2,24,25,28). The van der Waals surface area contributed by atoms with Crippen LogP contribution in [0.2, 0.25) is 0 Å². The maximum Gasteiger partial charge on any atom is 0.314 e. The van der Waals surface area contributed by atoms with Crippen LogP contribution in [-0.4, -0.2) is 72.5 Å². The fourth-order valence-corrected chi connectivity index (χ4v) is 4.05. The van der Waals surface area contributed by atoms with E-state index in [4.69, 9.17) is 0 Å². The smallest absolute Gasteiger partial charge is 0.314 e. The zero-order chi connectivity index (χ0) is 20.2. The Labute approximate surface area is 177 Å². The largest absolute Gasteiger partial charge is 0.338 e. The molecular weight excluding hydrogens is 384 g/mol. The minimum absolute atomic E-state index is 0.0687. The van der Waals surface area contributed by atoms with Crippen LogP contribution in [0.5, 0.6) is 0 Å². The summed E-state index contributed by atoms with van der Waals surface area (Å²) in [6, 6.07) is 12.1. The number of nitrogens with one attached hydrogen (secondary N) is 2. The van der Waals surface area contributed by atoms with E-state index >= 15 is 0 Å². The molecule has 1 fully saturated rings. The molecule has 7 nitrogen and oxygen atoms in total. The Kier molecular flexibility index (Phi) is 9.06. The van der Waals surface area contributed by atoms with Gasteiger partial charge in [-0.15, -0.1) is 11.8 Å². The minimum Gasteiger partial charge on any atom is -0.338 e. The number of aromatic nitrogens is 2. The molecule has 2 aromatic rings. The van der Waals surface area contributed by atoms with Gasteiger partial charge in [-0.2, -0.15) is 0 Å². The first-order chi connectivity index (χ1) is 14.3. The summed E-state index contributed by atoms with van der Waals surface area (Å²) in [6.07, 6.45) is 5.49. The van der Waals surface area contributed by atoms with Gasteiger partial charge >= 0.3 is 6.03 Å². The van der Waals surface area contributed by atoms with Crippen molar-refractivity contribution in [2.75, 3.05) is 56.5 Å². The summed E-state index contributed by atoms with van der Waals surface area (Å²) >= 11 is 1.82. The molecule has 1 saturated heterocycles. The lowest BCUT2D eigenvalue weighted by molar-refractivity contribution is 0.236. The Hall–Kier alpha value is -2.32. The molecule has 0 spiro atoms. The SMILES string of the molecule is O=C(NCCCSc1ccccc1)NCCCN1CCN(c2ncccn2)CC1. The van der Waals surface area contributed by atoms with Gasteiger partial charge in [0.2, 0.25) is 5.95 Å². The number of rotatable bonds is 10. The third-order valence-electron chi connectivity index (χ3n) is 4.76. The van der Waals surface area contributed by atoms with Crippen molar-refractivity contribution < 1.29 is 4.79 Å². The van der Waals surface area contributed by atoms with E-state index in [1.54, 1.807) is 12.4 Å². The van der Waals surface area contributed by atoms with Crippen LogP contribution in [0.15, 0.2) is 53.7 Å². The number of carbonyl (C=O) groups excluding carboxylic acids is 1. The average Bonchev–Trinajstić information content (AvgIpc) is 2.78. The number of piperazine rings is 1. The lowest BCUT2D eigenvalue weighted by Crippen LogP contribution is -2.47. The predicted octanol–water partition coefficient (Wildman–Crippen LogP) is 2.47. The van der Waals surface area contributed by atoms with Crippen LogP contribution in [0.25, 0.3) is 0 Å². The van der Waals surface area contributed by atoms with Crippen molar-refractivity contribution in [1.82, 2.24) is 25.5 Å². The summed E-state index contributed by atoms with van der Waals surface area (Å²) in [5.41, 5.74) is 0. The van der Waals surface area contributed by atoms with Crippen LogP contribution < -0.4 is 15.5 Å². The van der Waals surface area contributed by atoms with Gasteiger partial charge in [0.1, 0.15) is 0 Å². The number of hydrogen-bond donors (Lipinski definition) is 2. The topological polar surface area (TPSA) is 73.4 Å². The quantitative estimate of drug-likeness (QED) is 0.460. The molecule has 1 aromatic heterocycles. The number of benzene rings is 1. The third kappa shape index (κ3) is 7.91. The lowest BCUT2D eigenvalue weighted by Gasteiger charge is -2.34. The van der Waals surface area contributed by atoms with E-state index in [0.29, 0.717) is 13.1 Å². The molecule has 1 aliphatic heterocycles. The first-order valence-corrected chi connectivity index (χ1v) is 11.2. The number of hydrogen-bond acceptors (Lipinski definition) is 6. The van der Waals surface area contributed by atoms with Gasteiger partial charge in [0.05, 0.1) is 0 Å². The number of urea groups is 1. The molecule has 0 radical (unpaired) electrons. The fraction of sp³-hybridized carbons (Fsp3) is 0.476. The number of anilines is 1. The molecule has 2 N–H and O–H groups in total. The molecule has 0 aliphatic carbocycles. The normalized spacial score (nSPS) is 14.6. The van der Waals surface area contributed by atoms with Gasteiger partial charge in [-0.25, -0.2) is 14.8 Å². The number of amides is 2. The third-order valence-corrected chi connectivity index (χ3v) is 5.86. The number of thioether (sulfide) groups is 1. The molecule has 156 valence electrons. The van der Waals surface area contributed by atoms with Crippen LogP contribution in [0, 0.1) is 0 Å². The first-order valence-electron chi connectivity index (χ1n) is 10.2. The van der Waals surface area contributed by atoms with Crippen molar-refractivity contribution in [3.05, 3.63) is 48.8 Å². The van der Waals surface area contributed by atoms with Gasteiger partial charge < -0.3 is 15.5 Å². The maximum absolute atomic E-state index is 11.9. The van der Waals surface area contributed by atoms with Crippen LogP contribution >= 0.6 is 11.8 Å². The van der Waals surface area contributed by atoms with Crippen molar-refractivity contribution >= 4 is 23.7 Å². The highest BCUT2D eigenvalue weighted by atomic mass is 32.2. The maximum atomic E-state index is 11.9. The van der Waals surface area contributed by atoms with Crippen molar-refractivity contribution in [3.63, 3.8) is 0 Å². The van der Waals surface area contributed by atoms with Crippen molar-refractivity contribution in [2.45, 2.75) is 17.7 Å². The molecule has 29 heavy (non-hydrogen) atoms. The van der Waals surface area contributed by atoms with E-state index < -0.39 is 0 Å². The van der Waals surface area contributed by atoms with E-state index in [9.17, 15) is 4.79 Å². The molecule has 8 heteroatoms. The van der Waals surface area contributed by atoms with Crippen LogP contribution in [0.4, 0.5) is 10.7 Å². The molecule has 1 aliphatic rings. The second kappa shape index (κ2) is 12.3. The van der Waals surface area contributed by atoms with Crippen molar-refractivity contribution in [3.8, 4) is 0 Å². The summed E-state index contributed by atoms with van der Waals surface area (Å²) in [4.78, 5) is 26.4. The molecule has 0 atom stereocenters. The van der Waals surface area contributed by atoms with Crippen molar-refractivity contribution in [1.29, 1.82) is 0 Å². The highest BCUT2D eigenvalue weighted by molar-refractivity contribution is 7.99. The summed E-state index contributed by atoms with van der Waals surface area (Å²) in [7, 11) is 0. The van der Waals surface area contributed by atoms with Crippen LogP contribution in [-0.2, 0) is 0 Å². The second-order valence-corrected chi connectivity index (χ2v) is 8.10. The van der Waals surface area contributed by atoms with E-state index in [1.165, 1.54) is 4.90 Å². The molecule has 0 bridgehead atoms. The second-order valence-electron chi connectivity index (χ2n) is 6.93. The Morgan fingerprint density at radius 3 is 2.34 bits per heavy atom. The number of nitrogens with zero attached hydrogens (tertiary/aromatic N) is 4. The molecular formula is C21H30N6OS. The lowest BCUT2D eigenvalue weighted by atomic mass is 10.3. The van der Waals surface area contributed by atoms with E-state index in [2.05, 4.69) is 42.5 Å². The summed E-state index contributed by atoms with van der Waals surface area (Å²) in [5, 5.41) is 5.89. The summed E-state index contributed by atoms with van der Waals surface area (Å²) in [6.45, 7) is 6.30. The van der Waals surface area contributed by atoms with Crippen LogP contribution in [0.1, 0.15) is 12.8 Å². The van der Waals surface area contributed by atoms with Crippen LogP contribution in [0.3, 0.4) is 0 Å². The summed E-state index contributed by atoms with van der Waals surface area (Å²) < 4.78 is 0. The number of carbonyl (C=O) groups is 1. The first kappa shape index (κ1) is 21.4. The average molecular weight is 415 g/mol. The Morgan fingerprint density at radius 2 is 1.62 bits per heavy atom. The Balaban J connectivity index is 1.17. The molecule has 2 heterocycles. The van der Waals surface area contributed by atoms with E-state index in [0.717, 1.165) is 57.3 Å².